The Balaban J connectivity index is 2.86. The predicted octanol–water partition coefficient (Wildman–Crippen LogP) is 1.54. The van der Waals surface area contributed by atoms with E-state index in [9.17, 15) is 8.42 Å². The molecule has 5 nitrogen and oxygen atoms in total. The van der Waals surface area contributed by atoms with Gasteiger partial charge in [0.1, 0.15) is 4.90 Å². The van der Waals surface area contributed by atoms with Crippen molar-refractivity contribution in [3.05, 3.63) is 18.5 Å². The molecule has 0 amide bonds. The number of thioether (sulfide) groups is 1. The van der Waals surface area contributed by atoms with Gasteiger partial charge in [0.2, 0.25) is 10.0 Å². The summed E-state index contributed by atoms with van der Waals surface area (Å²) < 4.78 is 27.0. The maximum Gasteiger partial charge on any atom is 0.244 e. The lowest BCUT2D eigenvalue weighted by molar-refractivity contribution is 0.557. The van der Waals surface area contributed by atoms with Gasteiger partial charge in [-0.1, -0.05) is 0 Å². The van der Waals surface area contributed by atoms with Crippen LogP contribution in [0.15, 0.2) is 23.4 Å². The Morgan fingerprint density at radius 2 is 2.22 bits per heavy atom. The molecule has 2 N–H and O–H groups in total. The highest BCUT2D eigenvalue weighted by Gasteiger charge is 2.20. The van der Waals surface area contributed by atoms with E-state index in [1.54, 1.807) is 31.1 Å². The van der Waals surface area contributed by atoms with Crippen LogP contribution in [0.5, 0.6) is 0 Å². The highest BCUT2D eigenvalue weighted by atomic mass is 32.2. The molecule has 0 fully saturated rings. The van der Waals surface area contributed by atoms with Crippen LogP contribution in [0.25, 0.3) is 0 Å². The van der Waals surface area contributed by atoms with Crippen molar-refractivity contribution >= 4 is 27.5 Å². The molecule has 1 aromatic rings. The first-order valence-electron chi connectivity index (χ1n) is 5.64. The zero-order valence-corrected chi connectivity index (χ0v) is 12.4. The molecule has 1 heterocycles. The topological polar surface area (TPSA) is 71.1 Å². The highest BCUT2D eigenvalue weighted by molar-refractivity contribution is 7.98. The standard InChI is InChI=1S/C11H19N3O2S2/c1-9(5-7-17-3)14-18(15,16)11-8-13-6-4-10(11)12-2/h4,6,8-9,14H,5,7H2,1-3H3,(H,12,13). The molecule has 0 spiro atoms. The zero-order valence-electron chi connectivity index (χ0n) is 10.8. The average Bonchev–Trinajstić information content (AvgIpc) is 2.35. The predicted molar refractivity (Wildman–Crippen MR) is 76.6 cm³/mol. The van der Waals surface area contributed by atoms with Crippen molar-refractivity contribution in [1.82, 2.24) is 9.71 Å². The molecule has 0 saturated carbocycles. The van der Waals surface area contributed by atoms with Gasteiger partial charge in [-0.2, -0.15) is 11.8 Å². The lowest BCUT2D eigenvalue weighted by Crippen LogP contribution is -2.33. The van der Waals surface area contributed by atoms with Gasteiger partial charge in [0.05, 0.1) is 5.69 Å². The van der Waals surface area contributed by atoms with Crippen LogP contribution in [0, 0.1) is 0 Å². The Kier molecular flexibility index (Phi) is 5.90. The molecule has 0 aliphatic rings. The van der Waals surface area contributed by atoms with E-state index >= 15 is 0 Å². The summed E-state index contributed by atoms with van der Waals surface area (Å²) in [6.07, 6.45) is 5.72. The normalized spacial score (nSPS) is 13.3. The van der Waals surface area contributed by atoms with E-state index in [2.05, 4.69) is 15.0 Å². The van der Waals surface area contributed by atoms with Gasteiger partial charge in [-0.15, -0.1) is 0 Å². The summed E-state index contributed by atoms with van der Waals surface area (Å²) in [7, 11) is -1.83. The molecule has 7 heteroatoms. The number of nitrogens with one attached hydrogen (secondary N) is 2. The molecule has 0 aliphatic carbocycles. The van der Waals surface area contributed by atoms with Crippen molar-refractivity contribution in [3.8, 4) is 0 Å². The van der Waals surface area contributed by atoms with E-state index in [0.717, 1.165) is 12.2 Å². The number of sulfonamides is 1. The van der Waals surface area contributed by atoms with E-state index in [1.807, 2.05) is 13.2 Å². The van der Waals surface area contributed by atoms with E-state index in [0.29, 0.717) is 5.69 Å². The molecule has 1 aromatic heterocycles. The number of rotatable bonds is 7. The summed E-state index contributed by atoms with van der Waals surface area (Å²) in [5, 5.41) is 2.85. The third-order valence-electron chi connectivity index (χ3n) is 2.45. The minimum atomic E-state index is -3.52. The van der Waals surface area contributed by atoms with Crippen LogP contribution in [0.1, 0.15) is 13.3 Å². The number of pyridine rings is 1. The number of aromatic nitrogens is 1. The van der Waals surface area contributed by atoms with Crippen LogP contribution in [0.3, 0.4) is 0 Å². The molecule has 0 saturated heterocycles. The summed E-state index contributed by atoms with van der Waals surface area (Å²) in [6.45, 7) is 1.86. The molecule has 1 atom stereocenters. The number of anilines is 1. The fourth-order valence-corrected chi connectivity index (χ4v) is 3.51. The Labute approximate surface area is 113 Å². The van der Waals surface area contributed by atoms with E-state index in [4.69, 9.17) is 0 Å². The third-order valence-corrected chi connectivity index (χ3v) is 4.72. The van der Waals surface area contributed by atoms with Gasteiger partial charge in [-0.3, -0.25) is 4.98 Å². The summed E-state index contributed by atoms with van der Waals surface area (Å²) in [5.41, 5.74) is 0.551. The van der Waals surface area contributed by atoms with Crippen LogP contribution in [0.2, 0.25) is 0 Å². The van der Waals surface area contributed by atoms with Crippen molar-refractivity contribution in [2.75, 3.05) is 24.4 Å². The molecule has 18 heavy (non-hydrogen) atoms. The van der Waals surface area contributed by atoms with Crippen LogP contribution >= 0.6 is 11.8 Å². The second-order valence-electron chi connectivity index (χ2n) is 3.93. The zero-order chi connectivity index (χ0) is 13.6. The molecule has 1 unspecified atom stereocenters. The van der Waals surface area contributed by atoms with Gasteiger partial charge in [-0.25, -0.2) is 13.1 Å². The van der Waals surface area contributed by atoms with Crippen LogP contribution in [-0.2, 0) is 10.0 Å². The summed E-state index contributed by atoms with van der Waals surface area (Å²) >= 11 is 1.70. The second kappa shape index (κ2) is 6.96. The van der Waals surface area contributed by atoms with Crippen LogP contribution in [0.4, 0.5) is 5.69 Å². The van der Waals surface area contributed by atoms with E-state index in [1.165, 1.54) is 6.20 Å². The molecular weight excluding hydrogens is 270 g/mol. The first-order chi connectivity index (χ1) is 8.51. The summed E-state index contributed by atoms with van der Waals surface area (Å²) in [5.74, 6) is 0.926. The van der Waals surface area contributed by atoms with Gasteiger partial charge in [0.25, 0.3) is 0 Å². The summed E-state index contributed by atoms with van der Waals surface area (Å²) in [4.78, 5) is 4.05. The molecule has 0 bridgehead atoms. The maximum atomic E-state index is 12.2. The molecule has 1 rings (SSSR count). The number of nitrogens with zero attached hydrogens (tertiary/aromatic N) is 1. The first-order valence-corrected chi connectivity index (χ1v) is 8.52. The van der Waals surface area contributed by atoms with Crippen LogP contribution in [-0.4, -0.2) is 38.5 Å². The van der Waals surface area contributed by atoms with Crippen molar-refractivity contribution in [2.45, 2.75) is 24.3 Å². The molecule has 0 aromatic carbocycles. The lowest BCUT2D eigenvalue weighted by Gasteiger charge is -2.15. The van der Waals surface area contributed by atoms with Crippen molar-refractivity contribution in [2.24, 2.45) is 0 Å². The Morgan fingerprint density at radius 1 is 1.50 bits per heavy atom. The minimum absolute atomic E-state index is 0.0904. The maximum absolute atomic E-state index is 12.2. The number of hydrogen-bond donors (Lipinski definition) is 2. The van der Waals surface area contributed by atoms with Crippen molar-refractivity contribution in [3.63, 3.8) is 0 Å². The van der Waals surface area contributed by atoms with E-state index in [-0.39, 0.29) is 10.9 Å². The molecule has 0 aliphatic heterocycles. The monoisotopic (exact) mass is 289 g/mol. The SMILES string of the molecule is CNc1ccncc1S(=O)(=O)NC(C)CCSC. The van der Waals surface area contributed by atoms with Gasteiger partial charge in [0.15, 0.2) is 0 Å². The molecule has 102 valence electrons. The van der Waals surface area contributed by atoms with Gasteiger partial charge >= 0.3 is 0 Å². The molecule has 0 radical (unpaired) electrons. The van der Waals surface area contributed by atoms with Crippen molar-refractivity contribution < 1.29 is 8.42 Å². The Bertz CT molecular complexity index is 477. The molecular formula is C11H19N3O2S2. The van der Waals surface area contributed by atoms with Gasteiger partial charge < -0.3 is 5.32 Å². The van der Waals surface area contributed by atoms with Gasteiger partial charge in [-0.05, 0) is 31.4 Å². The quantitative estimate of drug-likeness (QED) is 0.797. The van der Waals surface area contributed by atoms with Crippen LogP contribution < -0.4 is 10.0 Å². The Hall–Kier alpha value is -0.790. The third kappa shape index (κ3) is 4.15. The smallest absolute Gasteiger partial charge is 0.244 e. The largest absolute Gasteiger partial charge is 0.387 e. The van der Waals surface area contributed by atoms with Gasteiger partial charge in [0, 0.05) is 25.5 Å². The van der Waals surface area contributed by atoms with Crippen molar-refractivity contribution in [1.29, 1.82) is 0 Å². The highest BCUT2D eigenvalue weighted by Crippen LogP contribution is 2.19. The summed E-state index contributed by atoms with van der Waals surface area (Å²) in [6, 6.07) is 1.55. The fraction of sp³-hybridized carbons (Fsp3) is 0.545. The second-order valence-corrected chi connectivity index (χ2v) is 6.59. The number of hydrogen-bond acceptors (Lipinski definition) is 5. The average molecular weight is 289 g/mol. The lowest BCUT2D eigenvalue weighted by atomic mass is 10.3. The van der Waals surface area contributed by atoms with E-state index < -0.39 is 10.0 Å². The Morgan fingerprint density at radius 3 is 2.83 bits per heavy atom. The fourth-order valence-electron chi connectivity index (χ4n) is 1.48. The first kappa shape index (κ1) is 15.3. The minimum Gasteiger partial charge on any atom is -0.387 e.